The molecule has 0 unspecified atom stereocenters. The monoisotopic (exact) mass is 295 g/mol. The summed E-state index contributed by atoms with van der Waals surface area (Å²) in [5.74, 6) is -0.745. The van der Waals surface area contributed by atoms with Gasteiger partial charge in [-0.05, 0) is 43.7 Å². The summed E-state index contributed by atoms with van der Waals surface area (Å²) in [6.07, 6.45) is 8.08. The molecule has 20 heavy (non-hydrogen) atoms. The molecule has 0 radical (unpaired) electrons. The van der Waals surface area contributed by atoms with Crippen LogP contribution in [-0.4, -0.2) is 23.5 Å². The third-order valence-corrected chi connectivity index (χ3v) is 5.56. The Morgan fingerprint density at radius 1 is 1.35 bits per heavy atom. The number of hydrogen-bond donors (Lipinski definition) is 1. The molecule has 1 aliphatic rings. The molecule has 2 rings (SSSR count). The average molecular weight is 295 g/mol. The minimum atomic E-state index is -0.440. The molecular formula is C16H22FNOS. The van der Waals surface area contributed by atoms with E-state index in [-0.39, 0.29) is 16.2 Å². The van der Waals surface area contributed by atoms with E-state index >= 15 is 0 Å². The fourth-order valence-corrected chi connectivity index (χ4v) is 3.70. The Kier molecular flexibility index (Phi) is 5.08. The number of carbonyl (C=O) groups excluding carboxylic acids is 1. The van der Waals surface area contributed by atoms with Gasteiger partial charge in [0.15, 0.2) is 0 Å². The number of amides is 1. The fraction of sp³-hybridized carbons (Fsp3) is 0.562. The maximum atomic E-state index is 13.8. The first kappa shape index (κ1) is 15.4. The van der Waals surface area contributed by atoms with E-state index in [0.29, 0.717) is 6.54 Å². The second-order valence-electron chi connectivity index (χ2n) is 5.61. The first-order chi connectivity index (χ1) is 9.56. The van der Waals surface area contributed by atoms with Gasteiger partial charge in [-0.2, -0.15) is 11.8 Å². The van der Waals surface area contributed by atoms with Crippen molar-refractivity contribution >= 4 is 17.7 Å². The van der Waals surface area contributed by atoms with Crippen molar-refractivity contribution in [2.75, 3.05) is 12.8 Å². The van der Waals surface area contributed by atoms with E-state index in [1.54, 1.807) is 12.1 Å². The van der Waals surface area contributed by atoms with Crippen molar-refractivity contribution in [1.29, 1.82) is 0 Å². The van der Waals surface area contributed by atoms with E-state index < -0.39 is 5.82 Å². The number of aryl methyl sites for hydroxylation is 1. The Bertz CT molecular complexity index is 483. The lowest BCUT2D eigenvalue weighted by atomic mass is 9.88. The molecule has 0 saturated heterocycles. The first-order valence-electron chi connectivity index (χ1n) is 7.16. The molecule has 2 nitrogen and oxygen atoms in total. The Hall–Kier alpha value is -1.03. The molecule has 0 atom stereocenters. The Morgan fingerprint density at radius 2 is 2.05 bits per heavy atom. The van der Waals surface area contributed by atoms with Crippen molar-refractivity contribution in [2.24, 2.45) is 0 Å². The topological polar surface area (TPSA) is 29.1 Å². The minimum Gasteiger partial charge on any atom is -0.351 e. The van der Waals surface area contributed by atoms with Crippen LogP contribution in [0.25, 0.3) is 0 Å². The highest BCUT2D eigenvalue weighted by atomic mass is 32.2. The third kappa shape index (κ3) is 3.54. The van der Waals surface area contributed by atoms with Crippen LogP contribution in [0.3, 0.4) is 0 Å². The second kappa shape index (κ2) is 6.61. The molecule has 1 aromatic rings. The smallest absolute Gasteiger partial charge is 0.254 e. The lowest BCUT2D eigenvalue weighted by Crippen LogP contribution is -2.42. The molecule has 0 heterocycles. The van der Waals surface area contributed by atoms with Crippen LogP contribution in [0.2, 0.25) is 0 Å². The third-order valence-electron chi connectivity index (χ3n) is 4.14. The summed E-state index contributed by atoms with van der Waals surface area (Å²) in [7, 11) is 0. The van der Waals surface area contributed by atoms with Crippen LogP contribution >= 0.6 is 11.8 Å². The summed E-state index contributed by atoms with van der Waals surface area (Å²) >= 11 is 1.83. The van der Waals surface area contributed by atoms with Gasteiger partial charge < -0.3 is 5.32 Å². The Labute approximate surface area is 124 Å². The van der Waals surface area contributed by atoms with Crippen LogP contribution in [0, 0.1) is 12.7 Å². The van der Waals surface area contributed by atoms with E-state index in [9.17, 15) is 9.18 Å². The predicted molar refractivity (Wildman–Crippen MR) is 82.8 cm³/mol. The van der Waals surface area contributed by atoms with E-state index in [2.05, 4.69) is 11.6 Å². The summed E-state index contributed by atoms with van der Waals surface area (Å²) in [6, 6.07) is 4.73. The van der Waals surface area contributed by atoms with Crippen LogP contribution in [0.15, 0.2) is 18.2 Å². The SMILES string of the molecule is CSC1(CNC(=O)c2ccc(C)cc2F)CCCCC1. The molecule has 0 bridgehead atoms. The van der Waals surface area contributed by atoms with Crippen LogP contribution in [0.1, 0.15) is 48.0 Å². The lowest BCUT2D eigenvalue weighted by molar-refractivity contribution is 0.0943. The summed E-state index contributed by atoms with van der Waals surface area (Å²) in [5.41, 5.74) is 0.967. The number of benzene rings is 1. The molecule has 0 aliphatic heterocycles. The molecule has 0 spiro atoms. The van der Waals surface area contributed by atoms with E-state index in [4.69, 9.17) is 0 Å². The molecule has 1 fully saturated rings. The molecule has 1 aliphatic carbocycles. The number of rotatable bonds is 4. The zero-order valence-corrected chi connectivity index (χ0v) is 13.0. The van der Waals surface area contributed by atoms with Gasteiger partial charge in [0.05, 0.1) is 5.56 Å². The molecule has 0 aromatic heterocycles. The minimum absolute atomic E-state index is 0.134. The normalized spacial score (nSPS) is 17.8. The van der Waals surface area contributed by atoms with E-state index in [1.807, 2.05) is 18.7 Å². The first-order valence-corrected chi connectivity index (χ1v) is 8.38. The summed E-state index contributed by atoms with van der Waals surface area (Å²) in [5, 5.41) is 2.92. The molecule has 4 heteroatoms. The zero-order chi connectivity index (χ0) is 14.6. The Balaban J connectivity index is 2.00. The van der Waals surface area contributed by atoms with Crippen LogP contribution < -0.4 is 5.32 Å². The number of hydrogen-bond acceptors (Lipinski definition) is 2. The molecule has 1 amide bonds. The average Bonchev–Trinajstić information content (AvgIpc) is 2.46. The Morgan fingerprint density at radius 3 is 2.65 bits per heavy atom. The zero-order valence-electron chi connectivity index (χ0n) is 12.2. The number of halogens is 1. The number of carbonyl (C=O) groups is 1. The highest BCUT2D eigenvalue weighted by molar-refractivity contribution is 8.00. The number of nitrogens with one attached hydrogen (secondary N) is 1. The predicted octanol–water partition coefficient (Wildman–Crippen LogP) is 3.93. The number of thioether (sulfide) groups is 1. The highest BCUT2D eigenvalue weighted by Crippen LogP contribution is 2.38. The van der Waals surface area contributed by atoms with Crippen molar-refractivity contribution < 1.29 is 9.18 Å². The summed E-state index contributed by atoms with van der Waals surface area (Å²) in [4.78, 5) is 12.1. The maximum Gasteiger partial charge on any atom is 0.254 e. The van der Waals surface area contributed by atoms with Crippen molar-refractivity contribution in [3.8, 4) is 0 Å². The van der Waals surface area contributed by atoms with Crippen molar-refractivity contribution in [1.82, 2.24) is 5.32 Å². The van der Waals surface area contributed by atoms with Gasteiger partial charge in [0.1, 0.15) is 5.82 Å². The van der Waals surface area contributed by atoms with Crippen LogP contribution in [0.5, 0.6) is 0 Å². The molecule has 1 N–H and O–H groups in total. The summed E-state index contributed by atoms with van der Waals surface area (Å²) in [6.45, 7) is 2.44. The van der Waals surface area contributed by atoms with Gasteiger partial charge in [-0.15, -0.1) is 0 Å². The van der Waals surface area contributed by atoms with Gasteiger partial charge in [-0.1, -0.05) is 25.3 Å². The van der Waals surface area contributed by atoms with Gasteiger partial charge in [0.25, 0.3) is 5.91 Å². The lowest BCUT2D eigenvalue weighted by Gasteiger charge is -2.35. The van der Waals surface area contributed by atoms with Crippen LogP contribution in [0.4, 0.5) is 4.39 Å². The van der Waals surface area contributed by atoms with Gasteiger partial charge in [0.2, 0.25) is 0 Å². The maximum absolute atomic E-state index is 13.8. The summed E-state index contributed by atoms with van der Waals surface area (Å²) < 4.78 is 13.9. The highest BCUT2D eigenvalue weighted by Gasteiger charge is 2.31. The van der Waals surface area contributed by atoms with Crippen molar-refractivity contribution in [3.63, 3.8) is 0 Å². The van der Waals surface area contributed by atoms with Crippen LogP contribution in [-0.2, 0) is 0 Å². The molecule has 1 saturated carbocycles. The van der Waals surface area contributed by atoms with Gasteiger partial charge in [-0.25, -0.2) is 4.39 Å². The standard InChI is InChI=1S/C16H22FNOS/c1-12-6-7-13(14(17)10-12)15(19)18-11-16(20-2)8-4-3-5-9-16/h6-7,10H,3-5,8-9,11H2,1-2H3,(H,18,19). The van der Waals surface area contributed by atoms with Gasteiger partial charge in [0, 0.05) is 11.3 Å². The van der Waals surface area contributed by atoms with E-state index in [0.717, 1.165) is 18.4 Å². The van der Waals surface area contributed by atoms with Gasteiger partial charge >= 0.3 is 0 Å². The quantitative estimate of drug-likeness (QED) is 0.912. The fourth-order valence-electron chi connectivity index (χ4n) is 2.79. The molecular weight excluding hydrogens is 273 g/mol. The second-order valence-corrected chi connectivity index (χ2v) is 6.89. The van der Waals surface area contributed by atoms with E-state index in [1.165, 1.54) is 25.3 Å². The van der Waals surface area contributed by atoms with Crippen molar-refractivity contribution in [3.05, 3.63) is 35.1 Å². The van der Waals surface area contributed by atoms with Crippen molar-refractivity contribution in [2.45, 2.75) is 43.8 Å². The molecule has 1 aromatic carbocycles. The molecule has 110 valence electrons. The largest absolute Gasteiger partial charge is 0.351 e. The van der Waals surface area contributed by atoms with Gasteiger partial charge in [-0.3, -0.25) is 4.79 Å².